The van der Waals surface area contributed by atoms with E-state index in [9.17, 15) is 9.18 Å². The normalized spacial score (nSPS) is 14.8. The Morgan fingerprint density at radius 3 is 2.74 bits per heavy atom. The van der Waals surface area contributed by atoms with Crippen LogP contribution in [0.4, 0.5) is 4.39 Å². The summed E-state index contributed by atoms with van der Waals surface area (Å²) < 4.78 is 13.5. The summed E-state index contributed by atoms with van der Waals surface area (Å²) in [4.78, 5) is 12.1. The van der Waals surface area contributed by atoms with E-state index in [0.717, 1.165) is 0 Å². The van der Waals surface area contributed by atoms with Crippen LogP contribution in [0.5, 0.6) is 0 Å². The van der Waals surface area contributed by atoms with Gasteiger partial charge in [-0.3, -0.25) is 4.79 Å². The monoisotopic (exact) mass is 379 g/mol. The molecule has 1 aromatic carbocycles. The number of carbonyl (C=O) groups excluding carboxylic acids is 1. The molecule has 4 N–H and O–H groups in total. The molecular weight excluding hydrogens is 364 g/mol. The van der Waals surface area contributed by atoms with Gasteiger partial charge in [0.05, 0.1) is 11.1 Å². The number of rotatable bonds is 4. The van der Waals surface area contributed by atoms with Crippen molar-refractivity contribution in [3.05, 3.63) is 33.1 Å². The van der Waals surface area contributed by atoms with Crippen LogP contribution in [0.2, 0.25) is 0 Å². The van der Waals surface area contributed by atoms with Crippen molar-refractivity contribution in [1.29, 1.82) is 0 Å². The van der Waals surface area contributed by atoms with Gasteiger partial charge in [0.25, 0.3) is 5.91 Å². The van der Waals surface area contributed by atoms with Crippen LogP contribution >= 0.6 is 22.6 Å². The molecule has 1 rings (SSSR count). The van der Waals surface area contributed by atoms with Crippen LogP contribution in [0, 0.1) is 9.39 Å². The Bertz CT molecular complexity index is 522. The Morgan fingerprint density at radius 2 is 2.26 bits per heavy atom. The number of halogens is 2. The van der Waals surface area contributed by atoms with Crippen molar-refractivity contribution in [2.45, 2.75) is 25.8 Å². The predicted octanol–water partition coefficient (Wildman–Crippen LogP) is 2.08. The molecule has 0 aliphatic heterocycles. The maximum Gasteiger partial charge on any atom is 0.253 e. The van der Waals surface area contributed by atoms with Gasteiger partial charge in [-0.1, -0.05) is 12.1 Å². The Labute approximate surface area is 124 Å². The molecule has 7 heteroatoms. The maximum absolute atomic E-state index is 13.0. The molecule has 0 bridgehead atoms. The van der Waals surface area contributed by atoms with E-state index in [-0.39, 0.29) is 5.84 Å². The average molecular weight is 379 g/mol. The summed E-state index contributed by atoms with van der Waals surface area (Å²) in [5.41, 5.74) is 4.96. The number of hydrogen-bond acceptors (Lipinski definition) is 3. The molecule has 0 saturated heterocycles. The third-order valence-electron chi connectivity index (χ3n) is 2.95. The summed E-state index contributed by atoms with van der Waals surface area (Å²) in [6, 6.07) is 3.88. The van der Waals surface area contributed by atoms with E-state index in [1.807, 2.05) is 22.6 Å². The molecule has 19 heavy (non-hydrogen) atoms. The van der Waals surface area contributed by atoms with Gasteiger partial charge in [0, 0.05) is 3.57 Å². The molecule has 1 aromatic rings. The predicted molar refractivity (Wildman–Crippen MR) is 78.7 cm³/mol. The van der Waals surface area contributed by atoms with Crippen molar-refractivity contribution in [2.75, 3.05) is 0 Å². The number of amides is 1. The first kappa shape index (κ1) is 15.7. The number of nitrogens with zero attached hydrogens (tertiary/aromatic N) is 1. The molecule has 0 aliphatic carbocycles. The number of oxime groups is 1. The molecule has 1 amide bonds. The summed E-state index contributed by atoms with van der Waals surface area (Å²) in [6.45, 7) is 3.45. The third-order valence-corrected chi connectivity index (χ3v) is 3.84. The van der Waals surface area contributed by atoms with Gasteiger partial charge < -0.3 is 16.3 Å². The van der Waals surface area contributed by atoms with Gasteiger partial charge >= 0.3 is 0 Å². The first-order valence-electron chi connectivity index (χ1n) is 5.59. The van der Waals surface area contributed by atoms with Gasteiger partial charge in [0.2, 0.25) is 0 Å². The van der Waals surface area contributed by atoms with Crippen LogP contribution in [-0.2, 0) is 0 Å². The zero-order chi connectivity index (χ0) is 14.6. The van der Waals surface area contributed by atoms with Gasteiger partial charge in [-0.15, -0.1) is 0 Å². The number of hydrogen-bond donors (Lipinski definition) is 3. The Hall–Kier alpha value is -1.38. The molecular formula is C12H15FIN3O2. The van der Waals surface area contributed by atoms with Gasteiger partial charge in [-0.25, -0.2) is 4.39 Å². The summed E-state index contributed by atoms with van der Waals surface area (Å²) >= 11 is 1.88. The van der Waals surface area contributed by atoms with Crippen LogP contribution in [0.15, 0.2) is 23.4 Å². The fraction of sp³-hybridized carbons (Fsp3) is 0.333. The second-order valence-corrected chi connectivity index (χ2v) is 5.41. The largest absolute Gasteiger partial charge is 0.409 e. The molecule has 0 aliphatic rings. The van der Waals surface area contributed by atoms with Crippen molar-refractivity contribution >= 4 is 34.3 Å². The Kier molecular flexibility index (Phi) is 5.10. The van der Waals surface area contributed by atoms with E-state index in [0.29, 0.717) is 15.6 Å². The highest BCUT2D eigenvalue weighted by atomic mass is 127. The zero-order valence-corrected chi connectivity index (χ0v) is 12.7. The number of nitrogens with two attached hydrogens (primary N) is 1. The first-order chi connectivity index (χ1) is 8.84. The van der Waals surface area contributed by atoms with Gasteiger partial charge in [-0.05, 0) is 54.1 Å². The summed E-state index contributed by atoms with van der Waals surface area (Å²) in [5.74, 6) is -0.892. The van der Waals surface area contributed by atoms with E-state index in [1.54, 1.807) is 13.8 Å². The summed E-state index contributed by atoms with van der Waals surface area (Å²) in [5, 5.41) is 14.4. The fourth-order valence-corrected chi connectivity index (χ4v) is 2.16. The Balaban J connectivity index is 3.02. The number of carbonyl (C=O) groups is 1. The highest BCUT2D eigenvalue weighted by Crippen LogP contribution is 2.16. The molecule has 0 radical (unpaired) electrons. The van der Waals surface area contributed by atoms with Crippen molar-refractivity contribution in [1.82, 2.24) is 5.32 Å². The number of amidine groups is 1. The van der Waals surface area contributed by atoms with E-state index < -0.39 is 17.3 Å². The molecule has 0 spiro atoms. The van der Waals surface area contributed by atoms with E-state index >= 15 is 0 Å². The average Bonchev–Trinajstić information content (AvgIpc) is 2.37. The van der Waals surface area contributed by atoms with E-state index in [1.165, 1.54) is 18.2 Å². The van der Waals surface area contributed by atoms with Crippen molar-refractivity contribution in [2.24, 2.45) is 10.9 Å². The SMILES string of the molecule is CCC(C)(NC(=O)c1ccc(F)cc1I)/C(N)=N/O. The topological polar surface area (TPSA) is 87.7 Å². The lowest BCUT2D eigenvalue weighted by Crippen LogP contribution is -2.55. The molecule has 0 heterocycles. The lowest BCUT2D eigenvalue weighted by Gasteiger charge is -2.28. The van der Waals surface area contributed by atoms with Gasteiger partial charge in [-0.2, -0.15) is 0 Å². The van der Waals surface area contributed by atoms with Crippen molar-refractivity contribution < 1.29 is 14.4 Å². The second kappa shape index (κ2) is 6.18. The molecule has 5 nitrogen and oxygen atoms in total. The lowest BCUT2D eigenvalue weighted by molar-refractivity contribution is 0.0924. The minimum absolute atomic E-state index is 0.0829. The Morgan fingerprint density at radius 1 is 1.63 bits per heavy atom. The van der Waals surface area contributed by atoms with Gasteiger partial charge in [0.1, 0.15) is 5.82 Å². The molecule has 0 fully saturated rings. The molecule has 104 valence electrons. The zero-order valence-electron chi connectivity index (χ0n) is 10.6. The number of benzene rings is 1. The second-order valence-electron chi connectivity index (χ2n) is 4.25. The van der Waals surface area contributed by atoms with Crippen LogP contribution < -0.4 is 11.1 Å². The summed E-state index contributed by atoms with van der Waals surface area (Å²) in [6.07, 6.45) is 0.451. The van der Waals surface area contributed by atoms with Crippen LogP contribution in [0.1, 0.15) is 30.6 Å². The number of nitrogens with one attached hydrogen (secondary N) is 1. The van der Waals surface area contributed by atoms with Gasteiger partial charge in [0.15, 0.2) is 5.84 Å². The minimum atomic E-state index is -0.955. The lowest BCUT2D eigenvalue weighted by atomic mass is 9.97. The highest BCUT2D eigenvalue weighted by molar-refractivity contribution is 14.1. The van der Waals surface area contributed by atoms with Crippen LogP contribution in [0.25, 0.3) is 0 Å². The third kappa shape index (κ3) is 3.55. The molecule has 1 unspecified atom stereocenters. The molecule has 1 atom stereocenters. The standard InChI is InChI=1S/C12H15FIN3O2/c1-3-12(2,11(15)17-19)16-10(18)8-5-4-7(13)6-9(8)14/h4-6,19H,3H2,1-2H3,(H2,15,17)(H,16,18). The fourth-order valence-electron chi connectivity index (χ4n) is 1.44. The summed E-state index contributed by atoms with van der Waals surface area (Å²) in [7, 11) is 0. The van der Waals surface area contributed by atoms with Crippen LogP contribution in [-0.4, -0.2) is 22.5 Å². The van der Waals surface area contributed by atoms with E-state index in [2.05, 4.69) is 10.5 Å². The minimum Gasteiger partial charge on any atom is -0.409 e. The van der Waals surface area contributed by atoms with Crippen molar-refractivity contribution in [3.63, 3.8) is 0 Å². The van der Waals surface area contributed by atoms with Crippen LogP contribution in [0.3, 0.4) is 0 Å². The van der Waals surface area contributed by atoms with Crippen molar-refractivity contribution in [3.8, 4) is 0 Å². The molecule has 0 aromatic heterocycles. The first-order valence-corrected chi connectivity index (χ1v) is 6.67. The quantitative estimate of drug-likeness (QED) is 0.246. The maximum atomic E-state index is 13.0. The smallest absolute Gasteiger partial charge is 0.253 e. The molecule has 0 saturated carbocycles. The van der Waals surface area contributed by atoms with E-state index in [4.69, 9.17) is 10.9 Å². The highest BCUT2D eigenvalue weighted by Gasteiger charge is 2.30.